The molecule has 4 aliphatic rings. The van der Waals surface area contributed by atoms with E-state index < -0.39 is 5.54 Å². The Labute approximate surface area is 183 Å². The lowest BCUT2D eigenvalue weighted by molar-refractivity contribution is -0.156. The Balaban J connectivity index is 1.49. The minimum Gasteiger partial charge on any atom is -0.378 e. The van der Waals surface area contributed by atoms with E-state index in [4.69, 9.17) is 4.74 Å². The Morgan fingerprint density at radius 1 is 1.32 bits per heavy atom. The van der Waals surface area contributed by atoms with Gasteiger partial charge in [0.25, 0.3) is 5.91 Å². The highest BCUT2D eigenvalue weighted by Crippen LogP contribution is 2.57. The molecule has 2 unspecified atom stereocenters. The predicted molar refractivity (Wildman–Crippen MR) is 115 cm³/mol. The van der Waals surface area contributed by atoms with Gasteiger partial charge >= 0.3 is 0 Å². The summed E-state index contributed by atoms with van der Waals surface area (Å²) in [5.74, 6) is 1.14. The van der Waals surface area contributed by atoms with Crippen molar-refractivity contribution < 1.29 is 14.3 Å². The van der Waals surface area contributed by atoms with Gasteiger partial charge in [0.2, 0.25) is 5.91 Å². The van der Waals surface area contributed by atoms with E-state index in [0.717, 1.165) is 32.1 Å². The molecule has 5 rings (SSSR count). The quantitative estimate of drug-likeness (QED) is 0.728. The summed E-state index contributed by atoms with van der Waals surface area (Å²) in [5.41, 5.74) is -0.152. The molecule has 0 spiro atoms. The molecule has 2 N–H and O–H groups in total. The first kappa shape index (κ1) is 21.6. The molecule has 2 amide bonds. The zero-order valence-corrected chi connectivity index (χ0v) is 18.6. The number of aromatic nitrogens is 2. The molecule has 1 aromatic heterocycles. The maximum absolute atomic E-state index is 13.1. The second kappa shape index (κ2) is 7.79. The number of hydrogen-bond donors (Lipinski definition) is 2. The third-order valence-corrected chi connectivity index (χ3v) is 7.22. The smallest absolute Gasteiger partial charge is 0.256 e. The number of amides is 2. The normalized spacial score (nSPS) is 31.6. The van der Waals surface area contributed by atoms with Crippen molar-refractivity contribution in [2.45, 2.75) is 70.1 Å². The van der Waals surface area contributed by atoms with Gasteiger partial charge < -0.3 is 15.4 Å². The van der Waals surface area contributed by atoms with Crippen LogP contribution in [-0.2, 0) is 9.53 Å². The van der Waals surface area contributed by atoms with Gasteiger partial charge in [0, 0.05) is 26.3 Å². The molecule has 166 valence electrons. The van der Waals surface area contributed by atoms with E-state index in [-0.39, 0.29) is 34.7 Å². The van der Waals surface area contributed by atoms with Gasteiger partial charge in [0.15, 0.2) is 5.69 Å². The third-order valence-electron chi connectivity index (χ3n) is 7.22. The first-order valence-electron chi connectivity index (χ1n) is 11.0. The molecule has 4 bridgehead atoms. The van der Waals surface area contributed by atoms with E-state index in [2.05, 4.69) is 21.8 Å². The molecule has 31 heavy (non-hydrogen) atoms. The molecule has 8 heteroatoms. The van der Waals surface area contributed by atoms with Crippen molar-refractivity contribution in [3.05, 3.63) is 23.5 Å². The summed E-state index contributed by atoms with van der Waals surface area (Å²) in [5, 5.41) is 19.9. The van der Waals surface area contributed by atoms with Crippen LogP contribution in [0.3, 0.4) is 0 Å². The van der Waals surface area contributed by atoms with E-state index in [0.29, 0.717) is 17.8 Å². The van der Waals surface area contributed by atoms with Gasteiger partial charge in [-0.25, -0.2) is 4.68 Å². The molecule has 4 saturated carbocycles. The number of nitrogens with one attached hydrogen (secondary N) is 2. The van der Waals surface area contributed by atoms with Crippen LogP contribution in [0.1, 0.15) is 68.9 Å². The average molecular weight is 426 g/mol. The fraction of sp³-hybridized carbons (Fsp3) is 0.652. The Hall–Kier alpha value is -2.66. The molecule has 0 aliphatic heterocycles. The first-order valence-corrected chi connectivity index (χ1v) is 11.0. The molecular formula is C23H31N5O3. The summed E-state index contributed by atoms with van der Waals surface area (Å²) in [7, 11) is 1.81. The average Bonchev–Trinajstić information content (AvgIpc) is 3.11. The molecule has 4 aliphatic carbocycles. The number of rotatable bonds is 6. The van der Waals surface area contributed by atoms with Crippen molar-refractivity contribution in [3.8, 4) is 6.07 Å². The first-order chi connectivity index (χ1) is 14.6. The van der Waals surface area contributed by atoms with Crippen molar-refractivity contribution in [2.75, 3.05) is 7.11 Å². The van der Waals surface area contributed by atoms with Crippen molar-refractivity contribution >= 4 is 18.0 Å². The maximum atomic E-state index is 13.1. The highest BCUT2D eigenvalue weighted by molar-refractivity contribution is 5.96. The van der Waals surface area contributed by atoms with Crippen LogP contribution in [0.25, 0.3) is 6.20 Å². The van der Waals surface area contributed by atoms with Gasteiger partial charge in [-0.15, -0.1) is 0 Å². The van der Waals surface area contributed by atoms with E-state index >= 15 is 0 Å². The molecule has 0 saturated heterocycles. The second-order valence-corrected chi connectivity index (χ2v) is 10.0. The van der Waals surface area contributed by atoms with Crippen molar-refractivity contribution in [1.82, 2.24) is 20.4 Å². The van der Waals surface area contributed by atoms with Gasteiger partial charge in [-0.2, -0.15) is 10.4 Å². The SMILES string of the molecule is COC12CC3CC(C1)C(NC(=O)c1cnn(/C=C/C(C)(C)NC(C)=O)c1C#N)C(C3)C2. The van der Waals surface area contributed by atoms with Crippen LogP contribution >= 0.6 is 0 Å². The van der Waals surface area contributed by atoms with Gasteiger partial charge in [-0.3, -0.25) is 9.59 Å². The highest BCUT2D eigenvalue weighted by atomic mass is 16.5. The summed E-state index contributed by atoms with van der Waals surface area (Å²) < 4.78 is 7.29. The van der Waals surface area contributed by atoms with Crippen molar-refractivity contribution in [2.24, 2.45) is 17.8 Å². The molecule has 0 aromatic carbocycles. The molecule has 1 heterocycles. The maximum Gasteiger partial charge on any atom is 0.256 e. The van der Waals surface area contributed by atoms with E-state index in [1.165, 1.54) is 17.8 Å². The van der Waals surface area contributed by atoms with Gasteiger partial charge in [-0.1, -0.05) is 0 Å². The second-order valence-electron chi connectivity index (χ2n) is 10.0. The van der Waals surface area contributed by atoms with Crippen LogP contribution in [0.4, 0.5) is 0 Å². The van der Waals surface area contributed by atoms with Crippen LogP contribution in [-0.4, -0.2) is 45.9 Å². The number of nitrogens with zero attached hydrogens (tertiary/aromatic N) is 3. The fourth-order valence-corrected chi connectivity index (χ4v) is 6.17. The predicted octanol–water partition coefficient (Wildman–Crippen LogP) is 2.46. The largest absolute Gasteiger partial charge is 0.378 e. The lowest BCUT2D eigenvalue weighted by Crippen LogP contribution is -2.62. The summed E-state index contributed by atoms with van der Waals surface area (Å²) in [6.07, 6.45) is 10.2. The monoisotopic (exact) mass is 425 g/mol. The number of carbonyl (C=O) groups is 2. The Morgan fingerprint density at radius 2 is 2.00 bits per heavy atom. The van der Waals surface area contributed by atoms with Crippen LogP contribution in [0.15, 0.2) is 12.3 Å². The summed E-state index contributed by atoms with van der Waals surface area (Å²) >= 11 is 0. The fourth-order valence-electron chi connectivity index (χ4n) is 6.17. The number of carbonyl (C=O) groups excluding carboxylic acids is 2. The van der Waals surface area contributed by atoms with Crippen LogP contribution in [0.5, 0.6) is 0 Å². The minimum atomic E-state index is -0.607. The Morgan fingerprint density at radius 3 is 2.58 bits per heavy atom. The molecule has 1 aromatic rings. The van der Waals surface area contributed by atoms with Gasteiger partial charge in [-0.05, 0) is 69.8 Å². The summed E-state index contributed by atoms with van der Waals surface area (Å²) in [4.78, 5) is 24.4. The third kappa shape index (κ3) is 4.11. The zero-order chi connectivity index (χ0) is 22.4. The molecule has 4 fully saturated rings. The standard InChI is InChI=1S/C23H31N5O3/c1-14(29)27-22(2,3)5-6-28-19(12-24)18(13-25-28)21(30)26-20-16-7-15-8-17(20)11-23(9-15,10-16)31-4/h5-6,13,15-17,20H,7-11H2,1-4H3,(H,26,30)(H,27,29)/b6-5+. The van der Waals surface area contributed by atoms with E-state index in [1.807, 2.05) is 21.0 Å². The van der Waals surface area contributed by atoms with Crippen LogP contribution < -0.4 is 10.6 Å². The number of hydrogen-bond acceptors (Lipinski definition) is 5. The van der Waals surface area contributed by atoms with Gasteiger partial charge in [0.05, 0.1) is 22.9 Å². The van der Waals surface area contributed by atoms with Crippen LogP contribution in [0.2, 0.25) is 0 Å². The lowest BCUT2D eigenvalue weighted by Gasteiger charge is -2.59. The van der Waals surface area contributed by atoms with Crippen molar-refractivity contribution in [1.29, 1.82) is 5.26 Å². The highest BCUT2D eigenvalue weighted by Gasteiger charge is 2.56. The van der Waals surface area contributed by atoms with Crippen molar-refractivity contribution in [3.63, 3.8) is 0 Å². The number of ether oxygens (including phenoxy) is 1. The molecule has 2 atom stereocenters. The van der Waals surface area contributed by atoms with Gasteiger partial charge in [0.1, 0.15) is 6.07 Å². The number of nitriles is 1. The Kier molecular flexibility index (Phi) is 5.42. The Bertz CT molecular complexity index is 941. The summed E-state index contributed by atoms with van der Waals surface area (Å²) in [6, 6.07) is 2.22. The zero-order valence-electron chi connectivity index (χ0n) is 18.6. The molecule has 0 radical (unpaired) electrons. The molecular weight excluding hydrogens is 394 g/mol. The molecule has 8 nitrogen and oxygen atoms in total. The summed E-state index contributed by atoms with van der Waals surface area (Å²) in [6.45, 7) is 5.13. The topological polar surface area (TPSA) is 109 Å². The van der Waals surface area contributed by atoms with E-state index in [1.54, 1.807) is 12.3 Å². The lowest BCUT2D eigenvalue weighted by atomic mass is 9.52. The van der Waals surface area contributed by atoms with Crippen LogP contribution in [0, 0.1) is 29.1 Å². The number of methoxy groups -OCH3 is 1. The van der Waals surface area contributed by atoms with E-state index in [9.17, 15) is 14.9 Å². The minimum absolute atomic E-state index is 0.00800.